The number of hydrogen-bond donors (Lipinski definition) is 0. The predicted molar refractivity (Wildman–Crippen MR) is 71.5 cm³/mol. The third-order valence-corrected chi connectivity index (χ3v) is 3.97. The maximum atomic E-state index is 11.9. The second kappa shape index (κ2) is 5.22. The minimum atomic E-state index is -0.778. The molecule has 18 heavy (non-hydrogen) atoms. The highest BCUT2D eigenvalue weighted by atomic mass is 79.9. The first-order valence-corrected chi connectivity index (χ1v) is 6.32. The van der Waals surface area contributed by atoms with Gasteiger partial charge in [0.05, 0.1) is 22.7 Å². The number of hydrogen-bond acceptors (Lipinski definition) is 4. The highest BCUT2D eigenvalue weighted by Crippen LogP contribution is 2.23. The van der Waals surface area contributed by atoms with Crippen LogP contribution >= 0.6 is 15.9 Å². The fourth-order valence-electron chi connectivity index (χ4n) is 1.70. The van der Waals surface area contributed by atoms with Crippen LogP contribution in [-0.4, -0.2) is 22.6 Å². The van der Waals surface area contributed by atoms with Crippen LogP contribution in [0.25, 0.3) is 0 Å². The van der Waals surface area contributed by atoms with E-state index in [2.05, 4.69) is 20.9 Å². The Balaban J connectivity index is 3.25. The van der Waals surface area contributed by atoms with Crippen LogP contribution in [0.15, 0.2) is 9.27 Å². The summed E-state index contributed by atoms with van der Waals surface area (Å²) >= 11 is 3.39. The largest absolute Gasteiger partial charge is 0.469 e. The van der Waals surface area contributed by atoms with Gasteiger partial charge in [-0.3, -0.25) is 9.36 Å². The van der Waals surface area contributed by atoms with Crippen molar-refractivity contribution >= 4 is 21.9 Å². The summed E-state index contributed by atoms with van der Waals surface area (Å²) < 4.78 is 6.99. The molecule has 0 radical (unpaired) electrons. The summed E-state index contributed by atoms with van der Waals surface area (Å²) in [6.45, 7) is 7.27. The quantitative estimate of drug-likeness (QED) is 0.798. The second-order valence-electron chi connectivity index (χ2n) is 4.84. The van der Waals surface area contributed by atoms with Gasteiger partial charge in [-0.1, -0.05) is 0 Å². The Hall–Kier alpha value is -1.17. The zero-order chi connectivity index (χ0) is 14.1. The van der Waals surface area contributed by atoms with Gasteiger partial charge < -0.3 is 4.74 Å². The van der Waals surface area contributed by atoms with E-state index in [1.807, 2.05) is 6.92 Å². The molecule has 0 aromatic carbocycles. The summed E-state index contributed by atoms with van der Waals surface area (Å²) in [5.41, 5.74) is 0.263. The van der Waals surface area contributed by atoms with Crippen molar-refractivity contribution in [2.75, 3.05) is 7.11 Å². The highest BCUT2D eigenvalue weighted by molar-refractivity contribution is 9.10. The van der Waals surface area contributed by atoms with Gasteiger partial charge in [0.1, 0.15) is 0 Å². The van der Waals surface area contributed by atoms with Crippen LogP contribution in [0.3, 0.4) is 0 Å². The molecular formula is C12H17BrN2O3. The first-order chi connectivity index (χ1) is 8.20. The van der Waals surface area contributed by atoms with E-state index < -0.39 is 5.41 Å². The van der Waals surface area contributed by atoms with Crippen LogP contribution in [0, 0.1) is 19.3 Å². The summed E-state index contributed by atoms with van der Waals surface area (Å²) in [5.74, 6) is -0.356. The van der Waals surface area contributed by atoms with Crippen LogP contribution < -0.4 is 5.69 Å². The summed E-state index contributed by atoms with van der Waals surface area (Å²) in [6.07, 6.45) is 0. The number of carbonyl (C=O) groups is 1. The molecule has 0 N–H and O–H groups in total. The van der Waals surface area contributed by atoms with Gasteiger partial charge in [0.15, 0.2) is 0 Å². The van der Waals surface area contributed by atoms with E-state index in [1.54, 1.807) is 20.8 Å². The molecule has 0 aliphatic heterocycles. The van der Waals surface area contributed by atoms with Gasteiger partial charge in [-0.25, -0.2) is 4.79 Å². The lowest BCUT2D eigenvalue weighted by atomic mass is 9.93. The zero-order valence-electron chi connectivity index (χ0n) is 11.2. The number of rotatable bonds is 3. The van der Waals surface area contributed by atoms with Crippen LogP contribution in [0.4, 0.5) is 0 Å². The number of esters is 1. The average Bonchev–Trinajstić information content (AvgIpc) is 2.31. The second-order valence-corrected chi connectivity index (χ2v) is 5.63. The minimum Gasteiger partial charge on any atom is -0.469 e. The van der Waals surface area contributed by atoms with Crippen LogP contribution in [0.5, 0.6) is 0 Å². The number of nitrogens with zero attached hydrogens (tertiary/aromatic N) is 2. The SMILES string of the molecule is COC(=O)C(C)(C)Cn1c(C)c(Br)c(C)nc1=O. The van der Waals surface area contributed by atoms with Gasteiger partial charge in [-0.2, -0.15) is 4.98 Å². The van der Waals surface area contributed by atoms with Crippen molar-refractivity contribution in [2.24, 2.45) is 5.41 Å². The van der Waals surface area contributed by atoms with Crippen LogP contribution in [-0.2, 0) is 16.1 Å². The number of carbonyl (C=O) groups excluding carboxylic acids is 1. The summed E-state index contributed by atoms with van der Waals surface area (Å²) in [7, 11) is 1.34. The maximum absolute atomic E-state index is 11.9. The lowest BCUT2D eigenvalue weighted by Gasteiger charge is -2.24. The molecule has 1 heterocycles. The summed E-state index contributed by atoms with van der Waals surface area (Å²) in [4.78, 5) is 27.4. The number of methoxy groups -OCH3 is 1. The molecule has 0 aliphatic rings. The number of aryl methyl sites for hydroxylation is 1. The Morgan fingerprint density at radius 2 is 2.00 bits per heavy atom. The van der Waals surface area contributed by atoms with Gasteiger partial charge >= 0.3 is 11.7 Å². The fraction of sp³-hybridized carbons (Fsp3) is 0.583. The summed E-state index contributed by atoms with van der Waals surface area (Å²) in [6, 6.07) is 0. The van der Waals surface area contributed by atoms with Gasteiger partial charge in [0, 0.05) is 12.2 Å². The van der Waals surface area contributed by atoms with E-state index in [0.29, 0.717) is 5.69 Å². The molecule has 6 heteroatoms. The molecule has 0 spiro atoms. The Kier molecular flexibility index (Phi) is 4.32. The van der Waals surface area contributed by atoms with Crippen molar-refractivity contribution < 1.29 is 9.53 Å². The van der Waals surface area contributed by atoms with Crippen molar-refractivity contribution in [3.05, 3.63) is 26.3 Å². The monoisotopic (exact) mass is 316 g/mol. The van der Waals surface area contributed by atoms with Crippen molar-refractivity contribution in [3.63, 3.8) is 0 Å². The number of ether oxygens (including phenoxy) is 1. The van der Waals surface area contributed by atoms with Crippen molar-refractivity contribution in [1.82, 2.24) is 9.55 Å². The van der Waals surface area contributed by atoms with Crippen LogP contribution in [0.2, 0.25) is 0 Å². The molecule has 0 unspecified atom stereocenters. The molecule has 0 fully saturated rings. The molecule has 1 aromatic heterocycles. The smallest absolute Gasteiger partial charge is 0.348 e. The molecule has 5 nitrogen and oxygen atoms in total. The number of aromatic nitrogens is 2. The van der Waals surface area contributed by atoms with Crippen molar-refractivity contribution in [1.29, 1.82) is 0 Å². The van der Waals surface area contributed by atoms with E-state index in [9.17, 15) is 9.59 Å². The standard InChI is InChI=1S/C12H17BrN2O3/c1-7-9(13)8(2)15(11(17)14-7)6-12(3,4)10(16)18-5/h6H2,1-5H3. The van der Waals surface area contributed by atoms with Crippen LogP contribution in [0.1, 0.15) is 25.2 Å². The Labute approximate surface area is 114 Å². The molecule has 0 saturated heterocycles. The lowest BCUT2D eigenvalue weighted by molar-refractivity contribution is -0.151. The minimum absolute atomic E-state index is 0.232. The molecule has 100 valence electrons. The third-order valence-electron chi connectivity index (χ3n) is 2.83. The van der Waals surface area contributed by atoms with Gasteiger partial charge in [-0.05, 0) is 43.6 Å². The molecule has 0 saturated carbocycles. The first-order valence-electron chi connectivity index (χ1n) is 5.52. The Morgan fingerprint density at radius 1 is 1.44 bits per heavy atom. The molecule has 0 aliphatic carbocycles. The highest BCUT2D eigenvalue weighted by Gasteiger charge is 2.30. The van der Waals surface area contributed by atoms with E-state index in [1.165, 1.54) is 11.7 Å². The first kappa shape index (κ1) is 14.9. The van der Waals surface area contributed by atoms with Gasteiger partial charge in [-0.15, -0.1) is 0 Å². The Bertz CT molecular complexity index is 535. The summed E-state index contributed by atoms with van der Waals surface area (Å²) in [5, 5.41) is 0. The maximum Gasteiger partial charge on any atom is 0.348 e. The fourth-order valence-corrected chi connectivity index (χ4v) is 2.00. The normalized spacial score (nSPS) is 11.4. The Morgan fingerprint density at radius 3 is 2.50 bits per heavy atom. The molecule has 0 atom stereocenters. The zero-order valence-corrected chi connectivity index (χ0v) is 12.8. The molecule has 0 amide bonds. The third kappa shape index (κ3) is 2.80. The van der Waals surface area contributed by atoms with Gasteiger partial charge in [0.25, 0.3) is 0 Å². The van der Waals surface area contributed by atoms with Crippen molar-refractivity contribution in [3.8, 4) is 0 Å². The van der Waals surface area contributed by atoms with E-state index in [0.717, 1.165) is 10.2 Å². The van der Waals surface area contributed by atoms with Crippen molar-refractivity contribution in [2.45, 2.75) is 34.2 Å². The molecule has 1 aromatic rings. The topological polar surface area (TPSA) is 61.2 Å². The predicted octanol–water partition coefficient (Wildman–Crippen LogP) is 1.82. The van der Waals surface area contributed by atoms with E-state index in [4.69, 9.17) is 4.74 Å². The molecular weight excluding hydrogens is 300 g/mol. The van der Waals surface area contributed by atoms with E-state index in [-0.39, 0.29) is 18.2 Å². The molecule has 1 rings (SSSR count). The molecule has 0 bridgehead atoms. The average molecular weight is 317 g/mol. The van der Waals surface area contributed by atoms with E-state index >= 15 is 0 Å². The number of halogens is 1. The lowest BCUT2D eigenvalue weighted by Crippen LogP contribution is -2.37. The van der Waals surface area contributed by atoms with Gasteiger partial charge in [0.2, 0.25) is 0 Å².